The maximum atomic E-state index is 5.98. The van der Waals surface area contributed by atoms with Crippen molar-refractivity contribution < 1.29 is 0 Å². The van der Waals surface area contributed by atoms with Crippen LogP contribution in [0.15, 0.2) is 48.7 Å². The highest BCUT2D eigenvalue weighted by Crippen LogP contribution is 2.22. The predicted molar refractivity (Wildman–Crippen MR) is 75.7 cm³/mol. The minimum absolute atomic E-state index is 0.705. The number of benzene rings is 2. The third-order valence-corrected chi connectivity index (χ3v) is 3.34. The maximum Gasteiger partial charge on any atom is 0.229 e. The zero-order valence-electron chi connectivity index (χ0n) is 9.84. The fourth-order valence-electron chi connectivity index (χ4n) is 2.21. The summed E-state index contributed by atoms with van der Waals surface area (Å²) in [5, 5.41) is 6.06. The topological polar surface area (TPSA) is 46.5 Å². The number of aromatic nitrogens is 4. The van der Waals surface area contributed by atoms with Gasteiger partial charge in [-0.05, 0) is 30.3 Å². The van der Waals surface area contributed by atoms with Crippen LogP contribution >= 0.6 is 11.6 Å². The predicted octanol–water partition coefficient (Wildman–Crippen LogP) is 3.56. The summed E-state index contributed by atoms with van der Waals surface area (Å²) in [6.07, 6.45) is 1.79. The Kier molecular flexibility index (Phi) is 2.13. The Morgan fingerprint density at radius 2 is 2.00 bits per heavy atom. The van der Waals surface area contributed by atoms with E-state index in [0.29, 0.717) is 11.0 Å². The van der Waals surface area contributed by atoms with Crippen molar-refractivity contribution in [2.45, 2.75) is 0 Å². The second kappa shape index (κ2) is 3.83. The van der Waals surface area contributed by atoms with E-state index in [4.69, 9.17) is 11.6 Å². The number of nitrogens with one attached hydrogen (secondary N) is 1. The van der Waals surface area contributed by atoms with E-state index in [-0.39, 0.29) is 0 Å². The Balaban J connectivity index is 1.98. The van der Waals surface area contributed by atoms with Gasteiger partial charge >= 0.3 is 0 Å². The molecule has 19 heavy (non-hydrogen) atoms. The highest BCUT2D eigenvalue weighted by Gasteiger charge is 2.09. The van der Waals surface area contributed by atoms with Crippen LogP contribution in [-0.2, 0) is 0 Å². The van der Waals surface area contributed by atoms with E-state index in [1.54, 1.807) is 10.9 Å². The molecule has 0 fully saturated rings. The van der Waals surface area contributed by atoms with Crippen LogP contribution in [0.5, 0.6) is 0 Å². The van der Waals surface area contributed by atoms with E-state index in [9.17, 15) is 0 Å². The van der Waals surface area contributed by atoms with Gasteiger partial charge in [0.15, 0.2) is 0 Å². The summed E-state index contributed by atoms with van der Waals surface area (Å²) in [6, 6.07) is 13.6. The van der Waals surface area contributed by atoms with Gasteiger partial charge in [0.1, 0.15) is 0 Å². The summed E-state index contributed by atoms with van der Waals surface area (Å²) in [6.45, 7) is 0. The van der Waals surface area contributed by atoms with E-state index in [0.717, 1.165) is 21.9 Å². The molecule has 1 N–H and O–H groups in total. The normalized spacial score (nSPS) is 11.4. The third kappa shape index (κ3) is 1.61. The lowest BCUT2D eigenvalue weighted by molar-refractivity contribution is 0.856. The molecule has 2 aromatic heterocycles. The van der Waals surface area contributed by atoms with Gasteiger partial charge < -0.3 is 4.98 Å². The van der Waals surface area contributed by atoms with Crippen LogP contribution in [0.4, 0.5) is 0 Å². The Hall–Kier alpha value is -2.33. The molecule has 4 aromatic rings. The molecule has 0 unspecified atom stereocenters. The van der Waals surface area contributed by atoms with Crippen molar-refractivity contribution in [1.82, 2.24) is 19.7 Å². The molecule has 0 saturated heterocycles. The lowest BCUT2D eigenvalue weighted by Crippen LogP contribution is -1.97. The second-order valence-electron chi connectivity index (χ2n) is 4.34. The Morgan fingerprint density at radius 1 is 1.11 bits per heavy atom. The summed E-state index contributed by atoms with van der Waals surface area (Å²) < 4.78 is 1.78. The average Bonchev–Trinajstić information content (AvgIpc) is 3.00. The molecule has 2 aromatic carbocycles. The summed E-state index contributed by atoms with van der Waals surface area (Å²) in [7, 11) is 0. The molecule has 0 saturated carbocycles. The SMILES string of the molecule is Clc1ccc2c(cnn2-c2nc3ccccc3[nH]2)c1. The van der Waals surface area contributed by atoms with Crippen LogP contribution in [0, 0.1) is 0 Å². The zero-order chi connectivity index (χ0) is 12.8. The fourth-order valence-corrected chi connectivity index (χ4v) is 2.39. The number of rotatable bonds is 1. The van der Waals surface area contributed by atoms with Gasteiger partial charge in [-0.3, -0.25) is 0 Å². The lowest BCUT2D eigenvalue weighted by atomic mass is 10.2. The number of aromatic amines is 1. The van der Waals surface area contributed by atoms with Crippen LogP contribution in [-0.4, -0.2) is 19.7 Å². The first kappa shape index (κ1) is 10.6. The molecular weight excluding hydrogens is 260 g/mol. The Morgan fingerprint density at radius 3 is 2.89 bits per heavy atom. The van der Waals surface area contributed by atoms with Crippen LogP contribution in [0.2, 0.25) is 5.02 Å². The minimum atomic E-state index is 0.705. The summed E-state index contributed by atoms with van der Waals surface area (Å²) in [5.41, 5.74) is 2.90. The molecule has 4 nitrogen and oxygen atoms in total. The number of H-pyrrole nitrogens is 1. The van der Waals surface area contributed by atoms with E-state index >= 15 is 0 Å². The first-order valence-corrected chi connectivity index (χ1v) is 6.27. The van der Waals surface area contributed by atoms with Crippen LogP contribution in [0.1, 0.15) is 0 Å². The number of imidazole rings is 1. The molecule has 0 aliphatic rings. The van der Waals surface area contributed by atoms with Gasteiger partial charge in [0.05, 0.1) is 22.7 Å². The van der Waals surface area contributed by atoms with Crippen molar-refractivity contribution in [1.29, 1.82) is 0 Å². The largest absolute Gasteiger partial charge is 0.322 e. The third-order valence-electron chi connectivity index (χ3n) is 3.11. The molecule has 0 aliphatic heterocycles. The highest BCUT2D eigenvalue weighted by atomic mass is 35.5. The standard InChI is InChI=1S/C14H9ClN4/c15-10-5-6-13-9(7-10)8-16-19(13)14-17-11-3-1-2-4-12(11)18-14/h1-8H,(H,17,18). The maximum absolute atomic E-state index is 5.98. The Bertz CT molecular complexity index is 858. The number of para-hydroxylation sites is 2. The molecule has 2 heterocycles. The van der Waals surface area contributed by atoms with E-state index in [2.05, 4.69) is 15.1 Å². The van der Waals surface area contributed by atoms with Gasteiger partial charge in [-0.15, -0.1) is 0 Å². The van der Waals surface area contributed by atoms with Crippen molar-refractivity contribution in [3.63, 3.8) is 0 Å². The van der Waals surface area contributed by atoms with Crippen molar-refractivity contribution in [3.05, 3.63) is 53.7 Å². The summed E-state index contributed by atoms with van der Waals surface area (Å²) >= 11 is 5.98. The molecule has 0 radical (unpaired) electrons. The molecule has 0 atom stereocenters. The van der Waals surface area contributed by atoms with Crippen LogP contribution in [0.25, 0.3) is 27.9 Å². The number of hydrogen-bond donors (Lipinski definition) is 1. The van der Waals surface area contributed by atoms with Crippen molar-refractivity contribution in [2.75, 3.05) is 0 Å². The second-order valence-corrected chi connectivity index (χ2v) is 4.77. The fraction of sp³-hybridized carbons (Fsp3) is 0. The van der Waals surface area contributed by atoms with Gasteiger partial charge in [-0.1, -0.05) is 23.7 Å². The highest BCUT2D eigenvalue weighted by molar-refractivity contribution is 6.31. The van der Waals surface area contributed by atoms with Gasteiger partial charge in [-0.2, -0.15) is 9.78 Å². The number of fused-ring (bicyclic) bond motifs is 2. The quantitative estimate of drug-likeness (QED) is 0.574. The van der Waals surface area contributed by atoms with E-state index in [1.165, 1.54) is 0 Å². The Labute approximate surface area is 113 Å². The molecule has 5 heteroatoms. The van der Waals surface area contributed by atoms with Crippen LogP contribution < -0.4 is 0 Å². The van der Waals surface area contributed by atoms with Crippen molar-refractivity contribution in [3.8, 4) is 5.95 Å². The molecule has 4 rings (SSSR count). The molecule has 0 aliphatic carbocycles. The zero-order valence-corrected chi connectivity index (χ0v) is 10.6. The molecule has 92 valence electrons. The molecule has 0 bridgehead atoms. The van der Waals surface area contributed by atoms with Gasteiger partial charge in [-0.25, -0.2) is 4.98 Å². The average molecular weight is 269 g/mol. The number of hydrogen-bond acceptors (Lipinski definition) is 2. The van der Waals surface area contributed by atoms with Crippen molar-refractivity contribution in [2.24, 2.45) is 0 Å². The number of nitrogens with zero attached hydrogens (tertiary/aromatic N) is 3. The first-order chi connectivity index (χ1) is 9.31. The summed E-state index contributed by atoms with van der Waals surface area (Å²) in [4.78, 5) is 7.80. The smallest absolute Gasteiger partial charge is 0.229 e. The molecule has 0 amide bonds. The minimum Gasteiger partial charge on any atom is -0.322 e. The monoisotopic (exact) mass is 268 g/mol. The van der Waals surface area contributed by atoms with Crippen molar-refractivity contribution >= 4 is 33.5 Å². The van der Waals surface area contributed by atoms with E-state index in [1.807, 2.05) is 42.5 Å². The number of halogens is 1. The van der Waals surface area contributed by atoms with Gasteiger partial charge in [0.2, 0.25) is 5.95 Å². The van der Waals surface area contributed by atoms with E-state index < -0.39 is 0 Å². The summed E-state index contributed by atoms with van der Waals surface area (Å²) in [5.74, 6) is 0.707. The molecule has 0 spiro atoms. The lowest BCUT2D eigenvalue weighted by Gasteiger charge is -1.98. The van der Waals surface area contributed by atoms with Gasteiger partial charge in [0.25, 0.3) is 0 Å². The molecular formula is C14H9ClN4. The van der Waals surface area contributed by atoms with Crippen LogP contribution in [0.3, 0.4) is 0 Å². The first-order valence-electron chi connectivity index (χ1n) is 5.90. The van der Waals surface area contributed by atoms with Gasteiger partial charge in [0, 0.05) is 10.4 Å².